The maximum Gasteiger partial charge on any atom is 0.315 e. The minimum absolute atomic E-state index is 0.105. The van der Waals surface area contributed by atoms with Gasteiger partial charge in [0.1, 0.15) is 11.5 Å². The Morgan fingerprint density at radius 3 is 2.52 bits per heavy atom. The summed E-state index contributed by atoms with van der Waals surface area (Å²) < 4.78 is 10.6. The van der Waals surface area contributed by atoms with Crippen molar-refractivity contribution in [3.63, 3.8) is 0 Å². The molecule has 1 heterocycles. The number of methoxy groups -OCH3 is 1. The summed E-state index contributed by atoms with van der Waals surface area (Å²) in [6.07, 6.45) is 3.15. The van der Waals surface area contributed by atoms with Gasteiger partial charge in [-0.1, -0.05) is 29.8 Å². The van der Waals surface area contributed by atoms with E-state index in [1.165, 1.54) is 10.5 Å². The zero-order valence-electron chi connectivity index (χ0n) is 17.4. The van der Waals surface area contributed by atoms with Crippen LogP contribution in [0, 0.1) is 23.7 Å². The van der Waals surface area contributed by atoms with Crippen molar-refractivity contribution in [1.29, 1.82) is 0 Å². The van der Waals surface area contributed by atoms with Gasteiger partial charge in [0.2, 0.25) is 11.8 Å². The van der Waals surface area contributed by atoms with Crippen LogP contribution in [0.1, 0.15) is 18.9 Å². The Bertz CT molecular complexity index is 1100. The normalized spacial score (nSPS) is 26.1. The molecule has 2 aromatic carbocycles. The molecule has 4 unspecified atom stereocenters. The highest BCUT2D eigenvalue weighted by Gasteiger charge is 2.60. The molecule has 2 amide bonds. The molecule has 4 atom stereocenters. The summed E-state index contributed by atoms with van der Waals surface area (Å²) in [5.41, 5.74) is 2.48. The number of allylic oxidation sites excluding steroid dienone is 2. The fourth-order valence-corrected chi connectivity index (χ4v) is 5.29. The first-order valence-electron chi connectivity index (χ1n) is 10.5. The number of rotatable bonds is 5. The summed E-state index contributed by atoms with van der Waals surface area (Å²) >= 11 is 0. The van der Waals surface area contributed by atoms with Crippen LogP contribution < -0.4 is 14.4 Å². The van der Waals surface area contributed by atoms with E-state index in [-0.39, 0.29) is 41.9 Å². The molecular weight excluding hydrogens is 394 g/mol. The first kappa shape index (κ1) is 19.5. The average Bonchev–Trinajstić information content (AvgIpc) is 3.39. The molecule has 2 aliphatic carbocycles. The number of carbonyl (C=O) groups excluding carboxylic acids is 3. The SMILES string of the molecule is COc1ccc(CC(=O)Oc2cccc(N3C(=O)C4C5C=C(C)C(C5)C4C3=O)c2)cc1. The van der Waals surface area contributed by atoms with Gasteiger partial charge in [0.15, 0.2) is 0 Å². The summed E-state index contributed by atoms with van der Waals surface area (Å²) in [6, 6.07) is 13.8. The largest absolute Gasteiger partial charge is 0.497 e. The van der Waals surface area contributed by atoms with E-state index >= 15 is 0 Å². The lowest BCUT2D eigenvalue weighted by Gasteiger charge is -2.19. The van der Waals surface area contributed by atoms with Crippen molar-refractivity contribution >= 4 is 23.5 Å². The minimum atomic E-state index is -0.420. The van der Waals surface area contributed by atoms with Crippen molar-refractivity contribution in [3.05, 3.63) is 65.7 Å². The number of hydrogen-bond donors (Lipinski definition) is 0. The fraction of sp³-hybridized carbons (Fsp3) is 0.320. The van der Waals surface area contributed by atoms with E-state index in [0.717, 1.165) is 12.0 Å². The number of amides is 2. The van der Waals surface area contributed by atoms with Crippen molar-refractivity contribution in [2.45, 2.75) is 19.8 Å². The van der Waals surface area contributed by atoms with Gasteiger partial charge in [-0.25, -0.2) is 4.90 Å². The number of hydrogen-bond acceptors (Lipinski definition) is 5. The molecule has 0 aromatic heterocycles. The molecule has 2 fully saturated rings. The van der Waals surface area contributed by atoms with E-state index in [1.54, 1.807) is 55.6 Å². The Labute approximate surface area is 180 Å². The van der Waals surface area contributed by atoms with Gasteiger partial charge in [0.25, 0.3) is 0 Å². The van der Waals surface area contributed by atoms with Crippen LogP contribution in [0.4, 0.5) is 5.69 Å². The molecule has 2 bridgehead atoms. The van der Waals surface area contributed by atoms with Crippen LogP contribution >= 0.6 is 0 Å². The molecule has 2 aromatic rings. The third kappa shape index (κ3) is 3.23. The highest BCUT2D eigenvalue weighted by Crippen LogP contribution is 2.55. The summed E-state index contributed by atoms with van der Waals surface area (Å²) in [7, 11) is 1.59. The summed E-state index contributed by atoms with van der Waals surface area (Å²) in [5.74, 6) is 0.121. The summed E-state index contributed by atoms with van der Waals surface area (Å²) in [5, 5.41) is 0. The van der Waals surface area contributed by atoms with Crippen LogP contribution in [0.2, 0.25) is 0 Å². The van der Waals surface area contributed by atoms with E-state index in [2.05, 4.69) is 6.08 Å². The lowest BCUT2D eigenvalue weighted by atomic mass is 9.82. The number of nitrogens with zero attached hydrogens (tertiary/aromatic N) is 1. The minimum Gasteiger partial charge on any atom is -0.497 e. The molecule has 5 rings (SSSR count). The van der Waals surface area contributed by atoms with Gasteiger partial charge in [-0.2, -0.15) is 0 Å². The molecule has 31 heavy (non-hydrogen) atoms. The molecule has 1 saturated carbocycles. The van der Waals surface area contributed by atoms with Crippen LogP contribution in [-0.4, -0.2) is 24.9 Å². The quantitative estimate of drug-likeness (QED) is 0.322. The first-order chi connectivity index (χ1) is 15.0. The number of anilines is 1. The number of benzene rings is 2. The third-order valence-electron chi connectivity index (χ3n) is 6.70. The number of ether oxygens (including phenoxy) is 2. The molecule has 0 spiro atoms. The maximum atomic E-state index is 13.1. The lowest BCUT2D eigenvalue weighted by molar-refractivity contribution is -0.133. The highest BCUT2D eigenvalue weighted by atomic mass is 16.5. The highest BCUT2D eigenvalue weighted by molar-refractivity contribution is 6.23. The first-order valence-corrected chi connectivity index (χ1v) is 10.5. The molecule has 1 aliphatic heterocycles. The number of carbonyl (C=O) groups is 3. The molecule has 0 radical (unpaired) electrons. The second-order valence-corrected chi connectivity index (χ2v) is 8.48. The molecule has 6 heteroatoms. The summed E-state index contributed by atoms with van der Waals surface area (Å²) in [6.45, 7) is 2.05. The lowest BCUT2D eigenvalue weighted by Crippen LogP contribution is -2.32. The van der Waals surface area contributed by atoms with Crippen LogP contribution in [0.25, 0.3) is 0 Å². The number of fused-ring (bicyclic) bond motifs is 5. The second kappa shape index (κ2) is 7.38. The number of imide groups is 1. The van der Waals surface area contributed by atoms with E-state index in [4.69, 9.17) is 9.47 Å². The van der Waals surface area contributed by atoms with E-state index in [1.807, 2.05) is 6.92 Å². The van der Waals surface area contributed by atoms with Crippen molar-refractivity contribution in [3.8, 4) is 11.5 Å². The van der Waals surface area contributed by atoms with Crippen LogP contribution in [0.15, 0.2) is 60.2 Å². The Balaban J connectivity index is 1.31. The molecular formula is C25H23NO5. The summed E-state index contributed by atoms with van der Waals surface area (Å²) in [4.78, 5) is 39.9. The van der Waals surface area contributed by atoms with Gasteiger partial charge in [-0.05, 0) is 55.0 Å². The fourth-order valence-electron chi connectivity index (χ4n) is 5.29. The van der Waals surface area contributed by atoms with E-state index < -0.39 is 5.97 Å². The molecule has 6 nitrogen and oxygen atoms in total. The van der Waals surface area contributed by atoms with Gasteiger partial charge in [-0.15, -0.1) is 0 Å². The van der Waals surface area contributed by atoms with Gasteiger partial charge < -0.3 is 9.47 Å². The monoisotopic (exact) mass is 417 g/mol. The third-order valence-corrected chi connectivity index (χ3v) is 6.70. The Morgan fingerprint density at radius 2 is 1.77 bits per heavy atom. The average molecular weight is 417 g/mol. The van der Waals surface area contributed by atoms with Crippen molar-refractivity contribution < 1.29 is 23.9 Å². The van der Waals surface area contributed by atoms with Gasteiger partial charge >= 0.3 is 5.97 Å². The number of esters is 1. The molecule has 0 N–H and O–H groups in total. The molecule has 158 valence electrons. The van der Waals surface area contributed by atoms with Crippen LogP contribution in [0.3, 0.4) is 0 Å². The van der Waals surface area contributed by atoms with Crippen molar-refractivity contribution in [1.82, 2.24) is 0 Å². The van der Waals surface area contributed by atoms with Gasteiger partial charge in [0, 0.05) is 6.07 Å². The van der Waals surface area contributed by atoms with Gasteiger partial charge in [0.05, 0.1) is 31.1 Å². The topological polar surface area (TPSA) is 72.9 Å². The Kier molecular flexibility index (Phi) is 4.65. The van der Waals surface area contributed by atoms with Crippen molar-refractivity contribution in [2.24, 2.45) is 23.7 Å². The van der Waals surface area contributed by atoms with Crippen LogP contribution in [-0.2, 0) is 20.8 Å². The molecule has 1 saturated heterocycles. The van der Waals surface area contributed by atoms with Crippen molar-refractivity contribution in [2.75, 3.05) is 12.0 Å². The van der Waals surface area contributed by atoms with Gasteiger partial charge in [-0.3, -0.25) is 14.4 Å². The van der Waals surface area contributed by atoms with E-state index in [9.17, 15) is 14.4 Å². The Morgan fingerprint density at radius 1 is 1.03 bits per heavy atom. The Hall–Kier alpha value is -3.41. The second-order valence-electron chi connectivity index (χ2n) is 8.48. The van der Waals surface area contributed by atoms with E-state index in [0.29, 0.717) is 17.2 Å². The maximum absolute atomic E-state index is 13.1. The standard InChI is InChI=1S/C25H23NO5/c1-14-10-16-12-20(14)23-22(16)24(28)26(25(23)29)17-4-3-5-19(13-17)31-21(27)11-15-6-8-18(30-2)9-7-15/h3-10,13,16,20,22-23H,11-12H2,1-2H3. The predicted molar refractivity (Wildman–Crippen MR) is 114 cm³/mol. The smallest absolute Gasteiger partial charge is 0.315 e. The predicted octanol–water partition coefficient (Wildman–Crippen LogP) is 3.54. The molecule has 3 aliphatic rings. The zero-order chi connectivity index (χ0) is 21.7. The van der Waals surface area contributed by atoms with Crippen LogP contribution in [0.5, 0.6) is 11.5 Å². The zero-order valence-corrected chi connectivity index (χ0v) is 17.4.